The molecule has 1 saturated heterocycles. The van der Waals surface area contributed by atoms with Gasteiger partial charge >= 0.3 is 0 Å². The first-order chi connectivity index (χ1) is 17.2. The smallest absolute Gasteiger partial charge is 0.268 e. The highest BCUT2D eigenvalue weighted by molar-refractivity contribution is 7.92. The maximum atomic E-state index is 13.4. The normalized spacial score (nSPS) is 15.2. The van der Waals surface area contributed by atoms with Crippen molar-refractivity contribution < 1.29 is 22.7 Å². The minimum Gasteiger partial charge on any atom is -0.471 e. The van der Waals surface area contributed by atoms with Gasteiger partial charge in [-0.3, -0.25) is 9.59 Å². The van der Waals surface area contributed by atoms with E-state index in [-0.39, 0.29) is 45.0 Å². The van der Waals surface area contributed by atoms with Gasteiger partial charge in [0, 0.05) is 27.9 Å². The van der Waals surface area contributed by atoms with Gasteiger partial charge in [0.15, 0.2) is 15.7 Å². The Bertz CT molecular complexity index is 1520. The number of halogens is 2. The Kier molecular flexibility index (Phi) is 7.00. The topological polar surface area (TPSA) is 146 Å². The Hall–Kier alpha value is -3.15. The van der Waals surface area contributed by atoms with Crippen molar-refractivity contribution in [2.75, 3.05) is 11.5 Å². The Morgan fingerprint density at radius 3 is 2.43 bits per heavy atom. The number of nitrogens with two attached hydrogens (primary N) is 1. The van der Waals surface area contributed by atoms with Crippen LogP contribution < -0.4 is 15.8 Å². The molecule has 0 aliphatic carbocycles. The molecule has 0 bridgehead atoms. The van der Waals surface area contributed by atoms with E-state index in [0.717, 1.165) is 4.68 Å². The molecule has 1 aliphatic rings. The molecule has 0 atom stereocenters. The standard InChI is InChI=1S/C24H25Cl2N5O5S/c1-12-8-13(25)9-15(22(33)29-24(2,3)4)17(12)18-19(20(27)32)31(21-16(26)6-5-7-28-21)30-23(18)36-14-10-37(34,35)11-14/h5-9,14H,10-11H2,1-4H3,(H2,27,32)(H,29,33). The summed E-state index contributed by atoms with van der Waals surface area (Å²) in [6, 6.07) is 6.26. The van der Waals surface area contributed by atoms with Crippen molar-refractivity contribution in [2.45, 2.75) is 39.3 Å². The number of benzene rings is 1. The van der Waals surface area contributed by atoms with E-state index in [9.17, 15) is 18.0 Å². The van der Waals surface area contributed by atoms with Crippen LogP contribution in [0.25, 0.3) is 16.9 Å². The predicted molar refractivity (Wildman–Crippen MR) is 140 cm³/mol. The Balaban J connectivity index is 2.02. The highest BCUT2D eigenvalue weighted by atomic mass is 35.5. The molecule has 37 heavy (non-hydrogen) atoms. The molecule has 0 radical (unpaired) electrons. The third kappa shape index (κ3) is 5.58. The summed E-state index contributed by atoms with van der Waals surface area (Å²) in [6.07, 6.45) is 0.758. The largest absolute Gasteiger partial charge is 0.471 e. The van der Waals surface area contributed by atoms with E-state index in [1.807, 2.05) is 20.8 Å². The van der Waals surface area contributed by atoms with Crippen LogP contribution in [0.5, 0.6) is 5.88 Å². The summed E-state index contributed by atoms with van der Waals surface area (Å²) in [5.74, 6) is -1.77. The molecular weight excluding hydrogens is 541 g/mol. The molecule has 0 saturated carbocycles. The van der Waals surface area contributed by atoms with Crippen LogP contribution in [0.3, 0.4) is 0 Å². The fourth-order valence-corrected chi connectivity index (χ4v) is 5.67. The van der Waals surface area contributed by atoms with Gasteiger partial charge in [-0.25, -0.2) is 18.1 Å². The summed E-state index contributed by atoms with van der Waals surface area (Å²) >= 11 is 12.7. The number of nitrogens with one attached hydrogen (secondary N) is 1. The molecule has 2 amide bonds. The molecule has 196 valence electrons. The first kappa shape index (κ1) is 26.9. The maximum Gasteiger partial charge on any atom is 0.268 e. The summed E-state index contributed by atoms with van der Waals surface area (Å²) < 4.78 is 30.7. The summed E-state index contributed by atoms with van der Waals surface area (Å²) in [5.41, 5.74) is 6.20. The van der Waals surface area contributed by atoms with Crippen molar-refractivity contribution in [1.29, 1.82) is 0 Å². The lowest BCUT2D eigenvalue weighted by Gasteiger charge is -2.26. The fraction of sp³-hybridized carbons (Fsp3) is 0.333. The van der Waals surface area contributed by atoms with Crippen LogP contribution in [0, 0.1) is 6.92 Å². The average Bonchev–Trinajstić information content (AvgIpc) is 3.09. The van der Waals surface area contributed by atoms with Crippen LogP contribution in [0.2, 0.25) is 10.0 Å². The van der Waals surface area contributed by atoms with Gasteiger partial charge in [0.1, 0.15) is 11.8 Å². The summed E-state index contributed by atoms with van der Waals surface area (Å²) in [5, 5.41) is 7.81. The SMILES string of the molecule is Cc1cc(Cl)cc(C(=O)NC(C)(C)C)c1-c1c(OC2CS(=O)(=O)C2)nn(-c2ncccc2Cl)c1C(N)=O. The van der Waals surface area contributed by atoms with Crippen LogP contribution >= 0.6 is 23.2 Å². The van der Waals surface area contributed by atoms with Gasteiger partial charge in [0.2, 0.25) is 5.88 Å². The monoisotopic (exact) mass is 565 g/mol. The average molecular weight is 566 g/mol. The van der Waals surface area contributed by atoms with Crippen LogP contribution in [0.1, 0.15) is 47.2 Å². The molecule has 1 fully saturated rings. The Morgan fingerprint density at radius 1 is 1.19 bits per heavy atom. The Morgan fingerprint density at radius 2 is 1.86 bits per heavy atom. The van der Waals surface area contributed by atoms with Crippen molar-refractivity contribution in [2.24, 2.45) is 5.73 Å². The number of carbonyl (C=O) groups excluding carboxylic acids is 2. The molecule has 13 heteroatoms. The zero-order valence-electron chi connectivity index (χ0n) is 20.5. The number of carbonyl (C=O) groups is 2. The number of primary amides is 1. The minimum absolute atomic E-state index is 0.0920. The number of rotatable bonds is 6. The Labute approximate surface area is 224 Å². The van der Waals surface area contributed by atoms with Gasteiger partial charge in [0.25, 0.3) is 11.8 Å². The quantitative estimate of drug-likeness (QED) is 0.465. The number of nitrogens with zero attached hydrogens (tertiary/aromatic N) is 3. The van der Waals surface area contributed by atoms with E-state index in [2.05, 4.69) is 15.4 Å². The van der Waals surface area contributed by atoms with E-state index in [4.69, 9.17) is 33.7 Å². The minimum atomic E-state index is -3.23. The van der Waals surface area contributed by atoms with Crippen molar-refractivity contribution >= 4 is 44.9 Å². The molecule has 1 aliphatic heterocycles. The molecule has 3 heterocycles. The lowest BCUT2D eigenvalue weighted by Crippen LogP contribution is -2.45. The number of ether oxygens (including phenoxy) is 1. The molecule has 3 aromatic rings. The molecule has 0 spiro atoms. The molecule has 3 N–H and O–H groups in total. The van der Waals surface area contributed by atoms with Gasteiger partial charge in [-0.15, -0.1) is 5.10 Å². The summed E-state index contributed by atoms with van der Waals surface area (Å²) in [4.78, 5) is 30.5. The fourth-order valence-electron chi connectivity index (χ4n) is 4.03. The molecule has 10 nitrogen and oxygen atoms in total. The van der Waals surface area contributed by atoms with Gasteiger partial charge in [-0.2, -0.15) is 0 Å². The lowest BCUT2D eigenvalue weighted by molar-refractivity contribution is 0.0918. The zero-order chi connectivity index (χ0) is 27.3. The second kappa shape index (κ2) is 9.62. The highest BCUT2D eigenvalue weighted by Crippen LogP contribution is 2.41. The van der Waals surface area contributed by atoms with Crippen LogP contribution in [0.15, 0.2) is 30.5 Å². The maximum absolute atomic E-state index is 13.4. The van der Waals surface area contributed by atoms with Crippen molar-refractivity contribution in [3.8, 4) is 22.8 Å². The van der Waals surface area contributed by atoms with Crippen molar-refractivity contribution in [3.63, 3.8) is 0 Å². The molecule has 1 aromatic carbocycles. The number of hydrogen-bond acceptors (Lipinski definition) is 7. The van der Waals surface area contributed by atoms with Crippen LogP contribution in [-0.2, 0) is 9.84 Å². The molecule has 0 unspecified atom stereocenters. The predicted octanol–water partition coefficient (Wildman–Crippen LogP) is 3.35. The highest BCUT2D eigenvalue weighted by Gasteiger charge is 2.38. The van der Waals surface area contributed by atoms with E-state index < -0.39 is 33.3 Å². The molecule has 4 rings (SSSR count). The van der Waals surface area contributed by atoms with Crippen LogP contribution in [-0.4, -0.2) is 58.1 Å². The summed E-state index contributed by atoms with van der Waals surface area (Å²) in [6.45, 7) is 7.18. The number of sulfone groups is 1. The zero-order valence-corrected chi connectivity index (χ0v) is 22.8. The number of hydrogen-bond donors (Lipinski definition) is 2. The lowest BCUT2D eigenvalue weighted by atomic mass is 9.93. The summed E-state index contributed by atoms with van der Waals surface area (Å²) in [7, 11) is -3.23. The third-order valence-electron chi connectivity index (χ3n) is 5.47. The first-order valence-electron chi connectivity index (χ1n) is 11.2. The van der Waals surface area contributed by atoms with E-state index in [0.29, 0.717) is 16.1 Å². The van der Waals surface area contributed by atoms with E-state index in [1.54, 1.807) is 25.1 Å². The molecule has 2 aromatic heterocycles. The van der Waals surface area contributed by atoms with Crippen LogP contribution in [0.4, 0.5) is 0 Å². The van der Waals surface area contributed by atoms with Gasteiger partial charge < -0.3 is 15.8 Å². The second-order valence-electron chi connectivity index (χ2n) is 9.78. The number of amides is 2. The molecular formula is C24H25Cl2N5O5S. The number of aryl methyl sites for hydroxylation is 1. The van der Waals surface area contributed by atoms with E-state index in [1.165, 1.54) is 12.3 Å². The van der Waals surface area contributed by atoms with Crippen molar-refractivity contribution in [3.05, 3.63) is 57.3 Å². The second-order valence-corrected chi connectivity index (χ2v) is 12.8. The number of pyridine rings is 1. The first-order valence-corrected chi connectivity index (χ1v) is 13.8. The van der Waals surface area contributed by atoms with Gasteiger partial charge in [-0.05, 0) is 57.5 Å². The van der Waals surface area contributed by atoms with Gasteiger partial charge in [0.05, 0.1) is 22.1 Å². The van der Waals surface area contributed by atoms with Crippen molar-refractivity contribution in [1.82, 2.24) is 20.1 Å². The number of aromatic nitrogens is 3. The third-order valence-corrected chi connectivity index (χ3v) is 7.74. The van der Waals surface area contributed by atoms with E-state index >= 15 is 0 Å². The van der Waals surface area contributed by atoms with Gasteiger partial charge in [-0.1, -0.05) is 23.2 Å².